The van der Waals surface area contributed by atoms with E-state index in [1.807, 2.05) is 0 Å². The quantitative estimate of drug-likeness (QED) is 0.874. The molecule has 1 aliphatic heterocycles. The Morgan fingerprint density at radius 1 is 1.52 bits per heavy atom. The summed E-state index contributed by atoms with van der Waals surface area (Å²) in [5.74, 6) is 0.303. The number of halogens is 3. The first-order valence-corrected chi connectivity index (χ1v) is 7.89. The molecule has 4 nitrogen and oxygen atoms in total. The summed E-state index contributed by atoms with van der Waals surface area (Å²) in [5, 5.41) is 0.558. The number of likely N-dealkylation sites (tertiary alicyclic amines) is 1. The first-order chi connectivity index (χ1) is 9.85. The van der Waals surface area contributed by atoms with Crippen LogP contribution in [0.3, 0.4) is 0 Å². The maximum absolute atomic E-state index is 12.5. The fourth-order valence-corrected chi connectivity index (χ4v) is 3.47. The Morgan fingerprint density at radius 3 is 2.86 bits per heavy atom. The van der Waals surface area contributed by atoms with Crippen molar-refractivity contribution >= 4 is 16.5 Å². The van der Waals surface area contributed by atoms with Gasteiger partial charge in [-0.2, -0.15) is 13.2 Å². The molecular formula is C13H21F3N4S. The standard InChI is InChI=1S/C13H21F3N4S/c1-2-19(9-13(14,15)16)6-10-3-4-20(7-10)8-11-5-18-12(17)21-11/h5,10H,2-4,6-9H2,1H3,(H2,17,18). The summed E-state index contributed by atoms with van der Waals surface area (Å²) in [6.07, 6.45) is -1.40. The number of nitrogen functional groups attached to an aromatic ring is 1. The van der Waals surface area contributed by atoms with Crippen molar-refractivity contribution in [1.29, 1.82) is 0 Å². The van der Waals surface area contributed by atoms with E-state index in [1.165, 1.54) is 16.2 Å². The Hall–Kier alpha value is -0.860. The SMILES string of the molecule is CCN(CC1CCN(Cc2cnc(N)s2)C1)CC(F)(F)F. The van der Waals surface area contributed by atoms with E-state index < -0.39 is 12.7 Å². The summed E-state index contributed by atoms with van der Waals surface area (Å²) in [4.78, 5) is 8.87. The number of rotatable bonds is 6. The minimum Gasteiger partial charge on any atom is -0.375 e. The lowest BCUT2D eigenvalue weighted by molar-refractivity contribution is -0.146. The molecule has 1 saturated heterocycles. The summed E-state index contributed by atoms with van der Waals surface area (Å²) in [7, 11) is 0. The normalized spacial score (nSPS) is 20.5. The van der Waals surface area contributed by atoms with Crippen molar-refractivity contribution in [2.75, 3.05) is 38.5 Å². The lowest BCUT2D eigenvalue weighted by atomic mass is 10.1. The molecule has 2 heterocycles. The molecule has 2 rings (SSSR count). The molecule has 8 heteroatoms. The number of hydrogen-bond acceptors (Lipinski definition) is 5. The molecular weight excluding hydrogens is 301 g/mol. The third-order valence-corrected chi connectivity index (χ3v) is 4.50. The largest absolute Gasteiger partial charge is 0.401 e. The van der Waals surface area contributed by atoms with E-state index >= 15 is 0 Å². The third kappa shape index (κ3) is 5.44. The number of anilines is 1. The second-order valence-corrected chi connectivity index (χ2v) is 6.64. The fraction of sp³-hybridized carbons (Fsp3) is 0.769. The molecule has 1 aromatic heterocycles. The van der Waals surface area contributed by atoms with Gasteiger partial charge in [0.1, 0.15) is 0 Å². The van der Waals surface area contributed by atoms with Crippen LogP contribution in [0.2, 0.25) is 0 Å². The molecule has 120 valence electrons. The van der Waals surface area contributed by atoms with E-state index in [9.17, 15) is 13.2 Å². The summed E-state index contributed by atoms with van der Waals surface area (Å²) < 4.78 is 37.4. The summed E-state index contributed by atoms with van der Waals surface area (Å²) in [5.41, 5.74) is 5.60. The molecule has 0 aromatic carbocycles. The third-order valence-electron chi connectivity index (χ3n) is 3.69. The lowest BCUT2D eigenvalue weighted by Gasteiger charge is -2.25. The number of aromatic nitrogens is 1. The minimum absolute atomic E-state index is 0.303. The Labute approximate surface area is 126 Å². The highest BCUT2D eigenvalue weighted by molar-refractivity contribution is 7.15. The highest BCUT2D eigenvalue weighted by Crippen LogP contribution is 2.24. The number of nitrogens with two attached hydrogens (primary N) is 1. The molecule has 0 saturated carbocycles. The van der Waals surface area contributed by atoms with Gasteiger partial charge in [0.25, 0.3) is 0 Å². The van der Waals surface area contributed by atoms with Crippen molar-refractivity contribution in [1.82, 2.24) is 14.8 Å². The molecule has 1 unspecified atom stereocenters. The molecule has 1 aromatic rings. The van der Waals surface area contributed by atoms with E-state index in [-0.39, 0.29) is 0 Å². The Kier molecular flexibility index (Phi) is 5.45. The van der Waals surface area contributed by atoms with Gasteiger partial charge >= 0.3 is 6.18 Å². The zero-order valence-corrected chi connectivity index (χ0v) is 12.9. The van der Waals surface area contributed by atoms with E-state index in [4.69, 9.17) is 5.73 Å². The summed E-state index contributed by atoms with van der Waals surface area (Å²) >= 11 is 1.47. The average molecular weight is 322 g/mol. The van der Waals surface area contributed by atoms with Crippen molar-refractivity contribution in [3.63, 3.8) is 0 Å². The van der Waals surface area contributed by atoms with Gasteiger partial charge in [0, 0.05) is 30.7 Å². The van der Waals surface area contributed by atoms with Crippen molar-refractivity contribution in [2.45, 2.75) is 26.1 Å². The van der Waals surface area contributed by atoms with Crippen molar-refractivity contribution in [3.05, 3.63) is 11.1 Å². The Morgan fingerprint density at radius 2 is 2.29 bits per heavy atom. The minimum atomic E-state index is -4.12. The van der Waals surface area contributed by atoms with E-state index in [0.717, 1.165) is 30.9 Å². The summed E-state index contributed by atoms with van der Waals surface area (Å²) in [6, 6.07) is 0. The first-order valence-electron chi connectivity index (χ1n) is 7.07. The highest BCUT2D eigenvalue weighted by Gasteiger charge is 2.32. The van der Waals surface area contributed by atoms with Crippen molar-refractivity contribution in [2.24, 2.45) is 5.92 Å². The summed E-state index contributed by atoms with van der Waals surface area (Å²) in [6.45, 7) is 4.46. The molecule has 2 N–H and O–H groups in total. The predicted octanol–water partition coefficient (Wildman–Crippen LogP) is 2.43. The van der Waals surface area contributed by atoms with E-state index in [1.54, 1.807) is 13.1 Å². The molecule has 1 aliphatic rings. The van der Waals surface area contributed by atoms with Crippen LogP contribution >= 0.6 is 11.3 Å². The number of nitrogens with zero attached hydrogens (tertiary/aromatic N) is 3. The van der Waals surface area contributed by atoms with Gasteiger partial charge in [-0.05, 0) is 25.4 Å². The fourth-order valence-electron chi connectivity index (χ4n) is 2.75. The molecule has 1 fully saturated rings. The van der Waals surface area contributed by atoms with Crippen LogP contribution in [0, 0.1) is 5.92 Å². The topological polar surface area (TPSA) is 45.4 Å². The second-order valence-electron chi connectivity index (χ2n) is 5.50. The van der Waals surface area contributed by atoms with Crippen LogP contribution in [0.5, 0.6) is 0 Å². The predicted molar refractivity (Wildman–Crippen MR) is 78.1 cm³/mol. The van der Waals surface area contributed by atoms with Crippen LogP contribution in [0.25, 0.3) is 0 Å². The Bertz CT molecular complexity index is 449. The average Bonchev–Trinajstić information content (AvgIpc) is 2.97. The van der Waals surface area contributed by atoms with Gasteiger partial charge in [-0.1, -0.05) is 6.92 Å². The van der Waals surface area contributed by atoms with Gasteiger partial charge in [0.2, 0.25) is 0 Å². The monoisotopic (exact) mass is 322 g/mol. The zero-order chi connectivity index (χ0) is 15.5. The van der Waals surface area contributed by atoms with E-state index in [0.29, 0.717) is 24.1 Å². The van der Waals surface area contributed by atoms with Crippen LogP contribution in [0.1, 0.15) is 18.2 Å². The maximum Gasteiger partial charge on any atom is 0.401 e. The van der Waals surface area contributed by atoms with Crippen LogP contribution in [-0.4, -0.2) is 53.7 Å². The second kappa shape index (κ2) is 6.93. The molecule has 0 bridgehead atoms. The molecule has 0 spiro atoms. The number of thiazole rings is 1. The van der Waals surface area contributed by atoms with E-state index in [2.05, 4.69) is 9.88 Å². The Balaban J connectivity index is 1.79. The van der Waals surface area contributed by atoms with Gasteiger partial charge in [0.05, 0.1) is 6.54 Å². The van der Waals surface area contributed by atoms with Crippen LogP contribution in [0.15, 0.2) is 6.20 Å². The van der Waals surface area contributed by atoms with Crippen LogP contribution in [0.4, 0.5) is 18.3 Å². The lowest BCUT2D eigenvalue weighted by Crippen LogP contribution is -2.38. The molecule has 1 atom stereocenters. The molecule has 0 aliphatic carbocycles. The van der Waals surface area contributed by atoms with Gasteiger partial charge in [0.15, 0.2) is 5.13 Å². The zero-order valence-electron chi connectivity index (χ0n) is 12.1. The highest BCUT2D eigenvalue weighted by atomic mass is 32.1. The molecule has 0 radical (unpaired) electrons. The van der Waals surface area contributed by atoms with Crippen molar-refractivity contribution in [3.8, 4) is 0 Å². The number of hydrogen-bond donors (Lipinski definition) is 1. The van der Waals surface area contributed by atoms with Gasteiger partial charge in [-0.25, -0.2) is 4.98 Å². The number of alkyl halides is 3. The van der Waals surface area contributed by atoms with Crippen molar-refractivity contribution < 1.29 is 13.2 Å². The first kappa shape index (κ1) is 16.5. The van der Waals surface area contributed by atoms with Gasteiger partial charge in [-0.3, -0.25) is 9.80 Å². The van der Waals surface area contributed by atoms with Gasteiger partial charge < -0.3 is 5.73 Å². The van der Waals surface area contributed by atoms with Gasteiger partial charge in [-0.15, -0.1) is 11.3 Å². The molecule has 0 amide bonds. The smallest absolute Gasteiger partial charge is 0.375 e. The van der Waals surface area contributed by atoms with Crippen LogP contribution in [-0.2, 0) is 6.54 Å². The van der Waals surface area contributed by atoms with Crippen LogP contribution < -0.4 is 5.73 Å². The maximum atomic E-state index is 12.5. The molecule has 21 heavy (non-hydrogen) atoms.